The van der Waals surface area contributed by atoms with E-state index < -0.39 is 35.6 Å². The Morgan fingerprint density at radius 3 is 2.62 bits per heavy atom. The summed E-state index contributed by atoms with van der Waals surface area (Å²) in [5.74, 6) is -2.49. The van der Waals surface area contributed by atoms with Crippen molar-refractivity contribution in [3.63, 3.8) is 0 Å². The van der Waals surface area contributed by atoms with E-state index in [0.29, 0.717) is 25.8 Å². The number of nitrogens with zero attached hydrogens (tertiary/aromatic N) is 1. The summed E-state index contributed by atoms with van der Waals surface area (Å²) >= 11 is 3.64. The van der Waals surface area contributed by atoms with E-state index in [1.807, 2.05) is 32.0 Å². The molecule has 0 aromatic heterocycles. The summed E-state index contributed by atoms with van der Waals surface area (Å²) < 4.78 is 11.7. The van der Waals surface area contributed by atoms with Gasteiger partial charge >= 0.3 is 5.97 Å². The van der Waals surface area contributed by atoms with Crippen LogP contribution in [0.25, 0.3) is 0 Å². The van der Waals surface area contributed by atoms with Gasteiger partial charge in [0.25, 0.3) is 0 Å². The fourth-order valence-corrected chi connectivity index (χ4v) is 6.89. The van der Waals surface area contributed by atoms with Gasteiger partial charge in [-0.3, -0.25) is 14.4 Å². The van der Waals surface area contributed by atoms with Gasteiger partial charge in [-0.05, 0) is 57.6 Å². The number of nitrogens with one attached hydrogen (secondary N) is 1. The molecule has 2 N–H and O–H groups in total. The fourth-order valence-electron chi connectivity index (χ4n) is 5.95. The number of amides is 2. The Kier molecular flexibility index (Phi) is 7.36. The number of aryl methyl sites for hydroxylation is 2. The van der Waals surface area contributed by atoms with Gasteiger partial charge in [-0.2, -0.15) is 0 Å². The third-order valence-corrected chi connectivity index (χ3v) is 8.23. The Labute approximate surface area is 208 Å². The predicted octanol–water partition coefficient (Wildman–Crippen LogP) is 2.72. The number of anilines is 1. The van der Waals surface area contributed by atoms with Gasteiger partial charge in [0.15, 0.2) is 0 Å². The summed E-state index contributed by atoms with van der Waals surface area (Å²) in [6.07, 6.45) is 1.95. The number of halogens is 1. The Morgan fingerprint density at radius 2 is 1.97 bits per heavy atom. The molecule has 1 aromatic rings. The molecule has 4 rings (SSSR count). The lowest BCUT2D eigenvalue weighted by Gasteiger charge is -2.34. The molecule has 6 atom stereocenters. The molecule has 9 heteroatoms. The molecule has 3 fully saturated rings. The molecular formula is C25H33BrN2O6. The van der Waals surface area contributed by atoms with E-state index in [1.165, 1.54) is 0 Å². The standard InChI is InChI=1S/C25H33BrN2O6/c1-4-33-24(32)17-18-23(31)28(11-6-5-7-12-29)21(25(18)13-16(26)20(17)34-25)22(30)27-19-14(2)9-8-10-15(19)3/h8-10,16-18,20-21,29H,4-7,11-13H2,1-3H3,(H,27,30)/t16?,17-,18+,20-,21-,25+/m0/s1. The van der Waals surface area contributed by atoms with Gasteiger partial charge in [0.2, 0.25) is 11.8 Å². The number of fused-ring (bicyclic) bond motifs is 1. The van der Waals surface area contributed by atoms with E-state index >= 15 is 0 Å². The van der Waals surface area contributed by atoms with Crippen LogP contribution in [0.3, 0.4) is 0 Å². The lowest BCUT2D eigenvalue weighted by molar-refractivity contribution is -0.154. The van der Waals surface area contributed by atoms with E-state index in [1.54, 1.807) is 11.8 Å². The molecule has 34 heavy (non-hydrogen) atoms. The number of unbranched alkanes of at least 4 members (excludes halogenated alkanes) is 2. The Morgan fingerprint density at radius 1 is 1.26 bits per heavy atom. The molecule has 1 aromatic carbocycles. The van der Waals surface area contributed by atoms with Crippen molar-refractivity contribution in [1.29, 1.82) is 0 Å². The van der Waals surface area contributed by atoms with Crippen molar-refractivity contribution in [2.45, 2.75) is 69.0 Å². The fraction of sp³-hybridized carbons (Fsp3) is 0.640. The highest BCUT2D eigenvalue weighted by atomic mass is 79.9. The summed E-state index contributed by atoms with van der Waals surface area (Å²) in [6.45, 7) is 6.25. The number of aliphatic hydroxyl groups is 1. The summed E-state index contributed by atoms with van der Waals surface area (Å²) in [5, 5.41) is 12.2. The number of alkyl halides is 1. The third kappa shape index (κ3) is 4.05. The molecule has 2 amide bonds. The predicted molar refractivity (Wildman–Crippen MR) is 130 cm³/mol. The quantitative estimate of drug-likeness (QED) is 0.285. The van der Waals surface area contributed by atoms with Gasteiger partial charge in [0.1, 0.15) is 11.6 Å². The van der Waals surface area contributed by atoms with E-state index in [9.17, 15) is 14.4 Å². The van der Waals surface area contributed by atoms with Crippen molar-refractivity contribution in [2.75, 3.05) is 25.1 Å². The first-order valence-corrected chi connectivity index (χ1v) is 12.9. The second kappa shape index (κ2) is 9.95. The van der Waals surface area contributed by atoms with Crippen LogP contribution in [0.15, 0.2) is 18.2 Å². The number of likely N-dealkylation sites (tertiary alicyclic amines) is 1. The highest BCUT2D eigenvalue weighted by molar-refractivity contribution is 9.09. The number of rotatable bonds is 9. The molecule has 3 heterocycles. The van der Waals surface area contributed by atoms with Gasteiger partial charge < -0.3 is 24.8 Å². The maximum absolute atomic E-state index is 13.8. The number of ether oxygens (including phenoxy) is 2. The molecule has 0 radical (unpaired) electrons. The average Bonchev–Trinajstić information content (AvgIpc) is 3.37. The zero-order valence-electron chi connectivity index (χ0n) is 19.9. The van der Waals surface area contributed by atoms with E-state index in [0.717, 1.165) is 23.2 Å². The summed E-state index contributed by atoms with van der Waals surface area (Å²) in [6, 6.07) is 4.93. The maximum Gasteiger partial charge on any atom is 0.312 e. The highest BCUT2D eigenvalue weighted by Crippen LogP contribution is 2.60. The lowest BCUT2D eigenvalue weighted by atomic mass is 9.70. The van der Waals surface area contributed by atoms with Gasteiger partial charge in [-0.25, -0.2) is 0 Å². The van der Waals surface area contributed by atoms with Crippen LogP contribution in [0, 0.1) is 25.7 Å². The normalized spacial score (nSPS) is 31.6. The van der Waals surface area contributed by atoms with Crippen LogP contribution < -0.4 is 5.32 Å². The number of carbonyl (C=O) groups is 3. The van der Waals surface area contributed by atoms with Gasteiger partial charge in [-0.15, -0.1) is 0 Å². The van der Waals surface area contributed by atoms with Crippen LogP contribution in [0.1, 0.15) is 43.7 Å². The van der Waals surface area contributed by atoms with Crippen molar-refractivity contribution in [3.05, 3.63) is 29.3 Å². The topological polar surface area (TPSA) is 105 Å². The zero-order chi connectivity index (χ0) is 24.6. The number of esters is 1. The molecule has 3 saturated heterocycles. The number of carbonyl (C=O) groups excluding carboxylic acids is 3. The molecule has 0 aliphatic carbocycles. The largest absolute Gasteiger partial charge is 0.466 e. The molecular weight excluding hydrogens is 504 g/mol. The molecule has 2 bridgehead atoms. The van der Waals surface area contributed by atoms with Crippen molar-refractivity contribution >= 4 is 39.4 Å². The summed E-state index contributed by atoms with van der Waals surface area (Å²) in [4.78, 5) is 41.9. The Balaban J connectivity index is 1.70. The number of para-hydroxylation sites is 1. The number of hydrogen-bond acceptors (Lipinski definition) is 6. The lowest BCUT2D eigenvalue weighted by Crippen LogP contribution is -2.54. The van der Waals surface area contributed by atoms with Gasteiger partial charge in [-0.1, -0.05) is 34.1 Å². The Bertz CT molecular complexity index is 950. The second-order valence-electron chi connectivity index (χ2n) is 9.49. The van der Waals surface area contributed by atoms with E-state index in [2.05, 4.69) is 21.2 Å². The monoisotopic (exact) mass is 536 g/mol. The summed E-state index contributed by atoms with van der Waals surface area (Å²) in [7, 11) is 0. The third-order valence-electron chi connectivity index (χ3n) is 7.38. The Hall–Kier alpha value is -1.97. The van der Waals surface area contributed by atoms with Crippen molar-refractivity contribution in [2.24, 2.45) is 11.8 Å². The van der Waals surface area contributed by atoms with Gasteiger partial charge in [0.05, 0.1) is 24.5 Å². The van der Waals surface area contributed by atoms with Gasteiger partial charge in [0, 0.05) is 23.7 Å². The SMILES string of the molecule is CCOC(=O)[C@@H]1[C@H]2O[C@@]3(CC2Br)[C@H](C(=O)Nc2c(C)cccc2C)N(CCCCCO)C(=O)[C@@H]13. The molecule has 1 spiro atoms. The van der Waals surface area contributed by atoms with E-state index in [-0.39, 0.29) is 29.9 Å². The van der Waals surface area contributed by atoms with Crippen LogP contribution in [-0.4, -0.2) is 70.1 Å². The van der Waals surface area contributed by atoms with E-state index in [4.69, 9.17) is 14.6 Å². The van der Waals surface area contributed by atoms with Crippen LogP contribution in [0.5, 0.6) is 0 Å². The second-order valence-corrected chi connectivity index (χ2v) is 10.7. The van der Waals surface area contributed by atoms with Crippen LogP contribution >= 0.6 is 15.9 Å². The number of hydrogen-bond donors (Lipinski definition) is 2. The average molecular weight is 537 g/mol. The minimum absolute atomic E-state index is 0.0813. The first-order chi connectivity index (χ1) is 16.3. The molecule has 186 valence electrons. The molecule has 1 unspecified atom stereocenters. The summed E-state index contributed by atoms with van der Waals surface area (Å²) in [5.41, 5.74) is 1.50. The number of benzene rings is 1. The smallest absolute Gasteiger partial charge is 0.312 e. The van der Waals surface area contributed by atoms with Crippen molar-refractivity contribution in [3.8, 4) is 0 Å². The van der Waals surface area contributed by atoms with Crippen LogP contribution in [0.2, 0.25) is 0 Å². The highest BCUT2D eigenvalue weighted by Gasteiger charge is 2.76. The van der Waals surface area contributed by atoms with Crippen LogP contribution in [0.4, 0.5) is 5.69 Å². The molecule has 8 nitrogen and oxygen atoms in total. The van der Waals surface area contributed by atoms with Crippen LogP contribution in [-0.2, 0) is 23.9 Å². The first kappa shape index (κ1) is 25.1. The molecule has 3 aliphatic heterocycles. The molecule has 3 aliphatic rings. The number of aliphatic hydroxyl groups excluding tert-OH is 1. The first-order valence-electron chi connectivity index (χ1n) is 12.0. The maximum atomic E-state index is 13.8. The van der Waals surface area contributed by atoms with Crippen molar-refractivity contribution < 1.29 is 29.0 Å². The zero-order valence-corrected chi connectivity index (χ0v) is 21.5. The van der Waals surface area contributed by atoms with Crippen molar-refractivity contribution in [1.82, 2.24) is 4.90 Å². The minimum atomic E-state index is -1.09. The minimum Gasteiger partial charge on any atom is -0.466 e. The molecule has 0 saturated carbocycles.